The highest BCUT2D eigenvalue weighted by molar-refractivity contribution is 5.72. The van der Waals surface area contributed by atoms with Gasteiger partial charge in [-0.25, -0.2) is 4.79 Å². The lowest BCUT2D eigenvalue weighted by Crippen LogP contribution is -2.23. The van der Waals surface area contributed by atoms with E-state index in [2.05, 4.69) is 10.3 Å². The minimum atomic E-state index is -4.54. The Morgan fingerprint density at radius 1 is 1.18 bits per heavy atom. The lowest BCUT2D eigenvalue weighted by atomic mass is 9.94. The quantitative estimate of drug-likeness (QED) is 0.584. The zero-order chi connectivity index (χ0) is 24.2. The van der Waals surface area contributed by atoms with E-state index in [1.165, 1.54) is 37.4 Å². The van der Waals surface area contributed by atoms with Crippen LogP contribution in [0.5, 0.6) is 0 Å². The molecule has 6 nitrogen and oxygen atoms in total. The minimum Gasteiger partial charge on any atom is -0.383 e. The third kappa shape index (κ3) is 6.31. The molecule has 1 aromatic heterocycles. The van der Waals surface area contributed by atoms with E-state index in [1.807, 2.05) is 0 Å². The number of nitrogen functional groups attached to an aromatic ring is 1. The number of anilines is 1. The van der Waals surface area contributed by atoms with Gasteiger partial charge < -0.3 is 11.1 Å². The van der Waals surface area contributed by atoms with Crippen molar-refractivity contribution in [2.45, 2.75) is 32.5 Å². The summed E-state index contributed by atoms with van der Waals surface area (Å²) in [5.41, 5.74) is 7.08. The zero-order valence-corrected chi connectivity index (χ0v) is 18.1. The maximum absolute atomic E-state index is 14.0. The molecule has 172 valence electrons. The molecule has 9 heteroatoms. The Labute approximate surface area is 188 Å². The number of allylic oxidation sites excluding steroid dienone is 1. The molecule has 0 saturated heterocycles. The molecule has 0 fully saturated rings. The molecule has 2 aromatic carbocycles. The second-order valence-electron chi connectivity index (χ2n) is 7.64. The van der Waals surface area contributed by atoms with Crippen LogP contribution in [-0.2, 0) is 11.3 Å². The van der Waals surface area contributed by atoms with E-state index in [4.69, 9.17) is 5.73 Å². The number of alkyl halides is 3. The number of aromatic nitrogens is 2. The van der Waals surface area contributed by atoms with Crippen LogP contribution >= 0.6 is 0 Å². The lowest BCUT2D eigenvalue weighted by Gasteiger charge is -2.19. The Morgan fingerprint density at radius 3 is 2.48 bits per heavy atom. The number of rotatable bonds is 6. The van der Waals surface area contributed by atoms with Gasteiger partial charge in [-0.3, -0.25) is 9.36 Å². The second-order valence-corrected chi connectivity index (χ2v) is 7.64. The molecule has 0 aliphatic heterocycles. The van der Waals surface area contributed by atoms with Crippen LogP contribution in [0.3, 0.4) is 0 Å². The number of hydrogen-bond donors (Lipinski definition) is 2. The fourth-order valence-corrected chi connectivity index (χ4v) is 3.31. The highest BCUT2D eigenvalue weighted by Gasteiger charge is 2.39. The fourth-order valence-electron chi connectivity index (χ4n) is 3.31. The van der Waals surface area contributed by atoms with Crippen molar-refractivity contribution in [3.8, 4) is 5.69 Å². The van der Waals surface area contributed by atoms with Crippen molar-refractivity contribution in [1.29, 1.82) is 0 Å². The number of nitrogens with one attached hydrogen (secondary N) is 1. The molecule has 3 aromatic rings. The normalized spacial score (nSPS) is 12.6. The number of nitrogens with two attached hydrogens (primary N) is 1. The maximum atomic E-state index is 14.0. The smallest absolute Gasteiger partial charge is 0.383 e. The average Bonchev–Trinajstić information content (AvgIpc) is 2.72. The monoisotopic (exact) mass is 456 g/mol. The molecule has 0 aliphatic rings. The van der Waals surface area contributed by atoms with E-state index in [0.29, 0.717) is 17.7 Å². The summed E-state index contributed by atoms with van der Waals surface area (Å²) < 4.78 is 43.0. The van der Waals surface area contributed by atoms with Gasteiger partial charge in [0.25, 0.3) is 0 Å². The van der Waals surface area contributed by atoms with Crippen LogP contribution in [0.4, 0.5) is 19.0 Å². The topological polar surface area (TPSA) is 90.0 Å². The maximum Gasteiger partial charge on any atom is 0.399 e. The van der Waals surface area contributed by atoms with Gasteiger partial charge in [0, 0.05) is 19.7 Å². The number of carbonyl (C=O) groups excluding carboxylic acids is 1. The third-order valence-electron chi connectivity index (χ3n) is 4.90. The van der Waals surface area contributed by atoms with E-state index in [0.717, 1.165) is 16.2 Å². The van der Waals surface area contributed by atoms with Crippen LogP contribution in [0, 0.1) is 6.92 Å². The van der Waals surface area contributed by atoms with Gasteiger partial charge in [0.05, 0.1) is 11.6 Å². The number of nitrogens with zero attached hydrogens (tertiary/aromatic N) is 2. The van der Waals surface area contributed by atoms with Crippen LogP contribution in [0.15, 0.2) is 65.6 Å². The summed E-state index contributed by atoms with van der Waals surface area (Å²) in [5.74, 6) is -2.02. The molecule has 0 saturated carbocycles. The minimum absolute atomic E-state index is 0.000228. The summed E-state index contributed by atoms with van der Waals surface area (Å²) in [6, 6.07) is 12.6. The van der Waals surface area contributed by atoms with Crippen molar-refractivity contribution >= 4 is 17.8 Å². The first-order valence-electron chi connectivity index (χ1n) is 10.1. The first kappa shape index (κ1) is 23.8. The van der Waals surface area contributed by atoms with Crippen LogP contribution in [0.1, 0.15) is 35.1 Å². The molecular formula is C24H23F3N4O2. The molecule has 1 amide bonds. The molecule has 0 bridgehead atoms. The van der Waals surface area contributed by atoms with Crippen molar-refractivity contribution in [3.05, 3.63) is 93.5 Å². The standard InChI is InChI=1S/C24H23F3N4O2/c1-15-11-19(13-20(12-15)31-10-9-22(28)30-23(31)33)21(24(25,26)27)8-7-17-3-5-18(6-4-17)14-29-16(2)32/h3-13,21H,14H2,1-2H3,(H,29,32)(H2,28,30,33)/b8-7+. The summed E-state index contributed by atoms with van der Waals surface area (Å²) in [5, 5.41) is 2.66. The van der Waals surface area contributed by atoms with Crippen LogP contribution in [-0.4, -0.2) is 21.6 Å². The molecule has 1 atom stereocenters. The van der Waals surface area contributed by atoms with E-state index in [1.54, 1.807) is 37.3 Å². The summed E-state index contributed by atoms with van der Waals surface area (Å²) in [6.45, 7) is 3.41. The lowest BCUT2D eigenvalue weighted by molar-refractivity contribution is -0.139. The number of carbonyl (C=O) groups is 1. The van der Waals surface area contributed by atoms with Gasteiger partial charge in [0.15, 0.2) is 0 Å². The van der Waals surface area contributed by atoms with Gasteiger partial charge >= 0.3 is 11.9 Å². The molecule has 0 spiro atoms. The molecule has 0 aliphatic carbocycles. The van der Waals surface area contributed by atoms with Gasteiger partial charge in [-0.15, -0.1) is 0 Å². The zero-order valence-electron chi connectivity index (χ0n) is 18.1. The number of halogens is 3. The number of hydrogen-bond acceptors (Lipinski definition) is 4. The van der Waals surface area contributed by atoms with Crippen LogP contribution < -0.4 is 16.7 Å². The Bertz CT molecular complexity index is 1230. The predicted octanol–water partition coefficient (Wildman–Crippen LogP) is 4.12. The van der Waals surface area contributed by atoms with Crippen molar-refractivity contribution in [1.82, 2.24) is 14.9 Å². The number of benzene rings is 2. The van der Waals surface area contributed by atoms with E-state index in [9.17, 15) is 22.8 Å². The van der Waals surface area contributed by atoms with Crippen molar-refractivity contribution < 1.29 is 18.0 Å². The average molecular weight is 456 g/mol. The Balaban J connectivity index is 1.93. The molecule has 3 rings (SSSR count). The number of amides is 1. The first-order chi connectivity index (χ1) is 15.5. The highest BCUT2D eigenvalue weighted by atomic mass is 19.4. The molecule has 1 heterocycles. The fraction of sp³-hybridized carbons (Fsp3) is 0.208. The van der Waals surface area contributed by atoms with Crippen molar-refractivity contribution in [2.75, 3.05) is 5.73 Å². The van der Waals surface area contributed by atoms with Crippen LogP contribution in [0.25, 0.3) is 11.8 Å². The Hall–Kier alpha value is -3.88. The summed E-state index contributed by atoms with van der Waals surface area (Å²) >= 11 is 0. The van der Waals surface area contributed by atoms with Gasteiger partial charge in [0.2, 0.25) is 5.91 Å². The van der Waals surface area contributed by atoms with E-state index < -0.39 is 17.8 Å². The van der Waals surface area contributed by atoms with Crippen molar-refractivity contribution in [2.24, 2.45) is 0 Å². The molecule has 1 unspecified atom stereocenters. The van der Waals surface area contributed by atoms with E-state index in [-0.39, 0.29) is 23.0 Å². The second kappa shape index (κ2) is 9.72. The van der Waals surface area contributed by atoms with Crippen LogP contribution in [0.2, 0.25) is 0 Å². The Morgan fingerprint density at radius 2 is 1.88 bits per heavy atom. The summed E-state index contributed by atoms with van der Waals surface area (Å²) in [4.78, 5) is 26.8. The molecule has 3 N–H and O–H groups in total. The first-order valence-corrected chi connectivity index (χ1v) is 10.1. The third-order valence-corrected chi connectivity index (χ3v) is 4.90. The van der Waals surface area contributed by atoms with Gasteiger partial charge in [-0.2, -0.15) is 18.2 Å². The van der Waals surface area contributed by atoms with Gasteiger partial charge in [-0.1, -0.05) is 42.5 Å². The Kier molecular flexibility index (Phi) is 7.01. The van der Waals surface area contributed by atoms with Crippen molar-refractivity contribution in [3.63, 3.8) is 0 Å². The molecule has 33 heavy (non-hydrogen) atoms. The SMILES string of the molecule is CC(=O)NCc1ccc(/C=C/C(c2cc(C)cc(-n3ccc(N)nc3=O)c2)C(F)(F)F)cc1. The van der Waals surface area contributed by atoms with E-state index >= 15 is 0 Å². The number of aryl methyl sites for hydroxylation is 1. The molecule has 0 radical (unpaired) electrons. The highest BCUT2D eigenvalue weighted by Crippen LogP contribution is 2.37. The summed E-state index contributed by atoms with van der Waals surface area (Å²) in [7, 11) is 0. The van der Waals surface area contributed by atoms with Gasteiger partial charge in [0.1, 0.15) is 5.82 Å². The largest absolute Gasteiger partial charge is 0.399 e. The predicted molar refractivity (Wildman–Crippen MR) is 121 cm³/mol. The molecular weight excluding hydrogens is 433 g/mol. The van der Waals surface area contributed by atoms with Gasteiger partial charge in [-0.05, 0) is 47.4 Å². The summed E-state index contributed by atoms with van der Waals surface area (Å²) in [6.07, 6.45) is -0.675.